The Hall–Kier alpha value is -0.130. The molecule has 3 saturated carbocycles. The van der Waals surface area contributed by atoms with Crippen LogP contribution in [0.4, 0.5) is 0 Å². The van der Waals surface area contributed by atoms with Crippen LogP contribution in [0, 0.1) is 28.6 Å². The molecule has 0 aromatic carbocycles. The highest BCUT2D eigenvalue weighted by Crippen LogP contribution is 2.66. The molecule has 6 atom stereocenters. The van der Waals surface area contributed by atoms with E-state index in [0.717, 1.165) is 49.0 Å². The summed E-state index contributed by atoms with van der Waals surface area (Å²) >= 11 is 0. The van der Waals surface area contributed by atoms with E-state index >= 15 is 0 Å². The molecule has 0 aliphatic heterocycles. The van der Waals surface area contributed by atoms with Crippen LogP contribution in [0.5, 0.6) is 0 Å². The van der Waals surface area contributed by atoms with Crippen LogP contribution in [0.1, 0.15) is 65.2 Å². The minimum atomic E-state index is -0.0918. The maximum atomic E-state index is 10.6. The summed E-state index contributed by atoms with van der Waals surface area (Å²) in [6, 6.07) is 0. The first-order valence-corrected chi connectivity index (χ1v) is 12.9. The normalized spacial score (nSPS) is 46.4. The Kier molecular flexibility index (Phi) is 5.44. The lowest BCUT2D eigenvalue weighted by atomic mass is 9.47. The van der Waals surface area contributed by atoms with E-state index < -0.39 is 0 Å². The van der Waals surface area contributed by atoms with Crippen molar-refractivity contribution in [3.8, 4) is 0 Å². The van der Waals surface area contributed by atoms with E-state index in [0.29, 0.717) is 11.3 Å². The monoisotopic (exact) mass is 395 g/mol. The zero-order valence-corrected chi connectivity index (χ0v) is 17.7. The maximum absolute atomic E-state index is 10.6. The van der Waals surface area contributed by atoms with Gasteiger partial charge >= 0.3 is 0 Å². The summed E-state index contributed by atoms with van der Waals surface area (Å²) in [5.74, 6) is 4.57. The molecule has 4 aliphatic carbocycles. The maximum Gasteiger partial charge on any atom is 0.0795 e. The third kappa shape index (κ3) is 2.88. The Morgan fingerprint density at radius 3 is 2.73 bits per heavy atom. The number of rotatable bonds is 4. The van der Waals surface area contributed by atoms with Gasteiger partial charge < -0.3 is 10.3 Å². The predicted molar refractivity (Wildman–Crippen MR) is 112 cm³/mol. The Bertz CT molecular complexity index is 607. The van der Waals surface area contributed by atoms with Crippen molar-refractivity contribution >= 4 is 27.3 Å². The molecule has 146 valence electrons. The largest absolute Gasteiger partial charge is 0.411 e. The van der Waals surface area contributed by atoms with Gasteiger partial charge in [0.05, 0.1) is 11.8 Å². The average Bonchev–Trinajstić information content (AvgIpc) is 2.96. The van der Waals surface area contributed by atoms with E-state index in [4.69, 9.17) is 0 Å². The van der Waals surface area contributed by atoms with Crippen LogP contribution in [0.3, 0.4) is 0 Å². The number of aliphatic hydroxyl groups is 1. The van der Waals surface area contributed by atoms with E-state index in [-0.39, 0.29) is 11.5 Å². The topological polar surface area (TPSA) is 52.8 Å². The Morgan fingerprint density at radius 1 is 1.12 bits per heavy atom. The zero-order valence-electron chi connectivity index (χ0n) is 16.1. The number of hydrogen-bond acceptors (Lipinski definition) is 5. The van der Waals surface area contributed by atoms with Crippen LogP contribution < -0.4 is 0 Å². The zero-order chi connectivity index (χ0) is 18.4. The first kappa shape index (κ1) is 19.2. The molecule has 4 rings (SSSR count). The molecule has 2 N–H and O–H groups in total. The molecule has 0 heterocycles. The second-order valence-corrected chi connectivity index (χ2v) is 11.9. The molecule has 0 amide bonds. The quantitative estimate of drug-likeness (QED) is 0.285. The van der Waals surface area contributed by atoms with Crippen molar-refractivity contribution in [1.82, 2.24) is 0 Å². The lowest BCUT2D eigenvalue weighted by Gasteiger charge is -2.58. The Balaban J connectivity index is 1.67. The molecule has 3 fully saturated rings. The molecule has 0 bridgehead atoms. The molecule has 0 saturated heterocycles. The van der Waals surface area contributed by atoms with Gasteiger partial charge in [0.15, 0.2) is 0 Å². The van der Waals surface area contributed by atoms with Crippen LogP contribution in [-0.2, 0) is 0 Å². The first-order chi connectivity index (χ1) is 12.5. The summed E-state index contributed by atoms with van der Waals surface area (Å²) in [7, 11) is 4.04. The molecule has 0 unspecified atom stereocenters. The van der Waals surface area contributed by atoms with Crippen molar-refractivity contribution < 1.29 is 10.3 Å². The number of aliphatic hydroxyl groups excluding tert-OH is 1. The molecule has 26 heavy (non-hydrogen) atoms. The number of hydrogen-bond donors (Lipinski definition) is 2. The minimum absolute atomic E-state index is 0.0918. The van der Waals surface area contributed by atoms with Gasteiger partial charge in [0.2, 0.25) is 0 Å². The van der Waals surface area contributed by atoms with E-state index in [1.165, 1.54) is 31.4 Å². The van der Waals surface area contributed by atoms with Crippen molar-refractivity contribution in [3.63, 3.8) is 0 Å². The van der Waals surface area contributed by atoms with Gasteiger partial charge in [0.1, 0.15) is 0 Å². The van der Waals surface area contributed by atoms with E-state index in [9.17, 15) is 10.3 Å². The third-order valence-electron chi connectivity index (χ3n) is 8.30. The number of oxime groups is 1. The van der Waals surface area contributed by atoms with Crippen molar-refractivity contribution in [2.24, 2.45) is 33.7 Å². The summed E-state index contributed by atoms with van der Waals surface area (Å²) in [4.78, 5) is 0. The second kappa shape index (κ2) is 7.36. The highest BCUT2D eigenvalue weighted by atomic mass is 33.1. The van der Waals surface area contributed by atoms with Gasteiger partial charge in [0.25, 0.3) is 0 Å². The molecule has 4 aliphatic rings. The lowest BCUT2D eigenvalue weighted by Crippen LogP contribution is -2.53. The predicted octanol–water partition coefficient (Wildman–Crippen LogP) is 5.52. The summed E-state index contributed by atoms with van der Waals surface area (Å²) in [5.41, 5.74) is 2.88. The average molecular weight is 396 g/mol. The highest BCUT2D eigenvalue weighted by Gasteiger charge is 2.59. The van der Waals surface area contributed by atoms with Crippen molar-refractivity contribution in [3.05, 3.63) is 11.6 Å². The molecule has 0 spiro atoms. The van der Waals surface area contributed by atoms with Crippen LogP contribution in [0.15, 0.2) is 16.8 Å². The standard InChI is InChI=1S/C21H33NO2S2/c1-3-25-26-13-21-11-8-15(22-24)12-14(21)4-5-16-17-6-7-19(23)20(17,2)10-9-18(16)21/h12,16-19,23-24H,3-11,13H2,1-2H3/b22-15-/t16-,17-,18-,19-,20-,21+/m0/s1. The first-order valence-electron chi connectivity index (χ1n) is 10.4. The molecular formula is C21H33NO2S2. The van der Waals surface area contributed by atoms with Gasteiger partial charge in [-0.3, -0.25) is 0 Å². The molecule has 0 aromatic rings. The SMILES string of the molecule is CCSSC[C@]12CC/C(=N/O)C=C1CC[C@@H]1[C@@H]2CC[C@]2(C)[C@@H](O)CC[C@@H]12. The third-order valence-corrected chi connectivity index (χ3v) is 10.9. The number of allylic oxidation sites excluding steroid dienone is 2. The second-order valence-electron chi connectivity index (χ2n) is 9.14. The van der Waals surface area contributed by atoms with Gasteiger partial charge in [-0.1, -0.05) is 46.2 Å². The van der Waals surface area contributed by atoms with Crippen LogP contribution in [-0.4, -0.2) is 33.6 Å². The van der Waals surface area contributed by atoms with Gasteiger partial charge in [-0.05, 0) is 80.6 Å². The fraction of sp³-hybridized carbons (Fsp3) is 0.857. The lowest BCUT2D eigenvalue weighted by molar-refractivity contribution is -0.0710. The van der Waals surface area contributed by atoms with Gasteiger partial charge in [-0.15, -0.1) is 0 Å². The highest BCUT2D eigenvalue weighted by molar-refractivity contribution is 8.76. The fourth-order valence-electron chi connectivity index (χ4n) is 6.93. The smallest absolute Gasteiger partial charge is 0.0795 e. The Morgan fingerprint density at radius 2 is 1.96 bits per heavy atom. The molecule has 0 aromatic heterocycles. The summed E-state index contributed by atoms with van der Waals surface area (Å²) < 4.78 is 0. The molecule has 0 radical (unpaired) electrons. The minimum Gasteiger partial charge on any atom is -0.411 e. The fourth-order valence-corrected chi connectivity index (χ4v) is 9.31. The molecular weight excluding hydrogens is 362 g/mol. The van der Waals surface area contributed by atoms with Gasteiger partial charge in [0, 0.05) is 16.9 Å². The molecule has 3 nitrogen and oxygen atoms in total. The van der Waals surface area contributed by atoms with Gasteiger partial charge in [-0.25, -0.2) is 0 Å². The summed E-state index contributed by atoms with van der Waals surface area (Å²) in [6.07, 6.45) is 11.3. The van der Waals surface area contributed by atoms with Crippen LogP contribution >= 0.6 is 21.6 Å². The van der Waals surface area contributed by atoms with E-state index in [1.54, 1.807) is 5.57 Å². The van der Waals surface area contributed by atoms with Crippen molar-refractivity contribution in [1.29, 1.82) is 0 Å². The van der Waals surface area contributed by atoms with Crippen molar-refractivity contribution in [2.75, 3.05) is 11.5 Å². The summed E-state index contributed by atoms with van der Waals surface area (Å²) in [5, 5.41) is 23.5. The summed E-state index contributed by atoms with van der Waals surface area (Å²) in [6.45, 7) is 4.60. The number of fused-ring (bicyclic) bond motifs is 5. The Labute approximate surface area is 165 Å². The van der Waals surface area contributed by atoms with E-state index in [2.05, 4.69) is 25.1 Å². The van der Waals surface area contributed by atoms with E-state index in [1.807, 2.05) is 21.6 Å². The van der Waals surface area contributed by atoms with Crippen LogP contribution in [0.25, 0.3) is 0 Å². The van der Waals surface area contributed by atoms with Gasteiger partial charge in [-0.2, -0.15) is 0 Å². The molecule has 5 heteroatoms. The number of nitrogens with zero attached hydrogens (tertiary/aromatic N) is 1. The van der Waals surface area contributed by atoms with Crippen LogP contribution in [0.2, 0.25) is 0 Å². The van der Waals surface area contributed by atoms with Crippen molar-refractivity contribution in [2.45, 2.75) is 71.3 Å².